The van der Waals surface area contributed by atoms with Crippen molar-refractivity contribution in [2.45, 2.75) is 26.8 Å². The predicted molar refractivity (Wildman–Crippen MR) is 117 cm³/mol. The summed E-state index contributed by atoms with van der Waals surface area (Å²) in [6.07, 6.45) is 0. The summed E-state index contributed by atoms with van der Waals surface area (Å²) in [7, 11) is 0. The summed E-state index contributed by atoms with van der Waals surface area (Å²) in [5.74, 6) is -0.337. The molecule has 1 amide bonds. The third-order valence-electron chi connectivity index (χ3n) is 4.78. The quantitative estimate of drug-likeness (QED) is 0.380. The summed E-state index contributed by atoms with van der Waals surface area (Å²) in [4.78, 5) is 23.8. The molecule has 3 rings (SSSR count). The predicted octanol–water partition coefficient (Wildman–Crippen LogP) is 4.30. The van der Waals surface area contributed by atoms with Crippen molar-refractivity contribution in [2.24, 2.45) is 0 Å². The highest BCUT2D eigenvalue weighted by atomic mass is 35.5. The number of halogens is 1. The number of nitrogens with zero attached hydrogens (tertiary/aromatic N) is 1. The lowest BCUT2D eigenvalue weighted by molar-refractivity contribution is -0.384. The zero-order valence-electron chi connectivity index (χ0n) is 16.0. The zero-order chi connectivity index (χ0) is 21.3. The average molecular weight is 431 g/mol. The number of thiocarbonyl (C=S) groups is 1. The van der Waals surface area contributed by atoms with Crippen LogP contribution in [0.1, 0.15) is 29.7 Å². The number of hydrogen-bond donors (Lipinski definition) is 3. The fourth-order valence-electron chi connectivity index (χ4n) is 3.11. The van der Waals surface area contributed by atoms with E-state index in [-0.39, 0.29) is 16.6 Å². The van der Waals surface area contributed by atoms with Crippen LogP contribution in [0.5, 0.6) is 0 Å². The molecular formula is C20H19ClN4O3S. The zero-order valence-corrected chi connectivity index (χ0v) is 17.6. The summed E-state index contributed by atoms with van der Waals surface area (Å²) in [6, 6.07) is 9.41. The first kappa shape index (κ1) is 20.8. The third-order valence-corrected chi connectivity index (χ3v) is 5.32. The number of allylic oxidation sites excluding steroid dienone is 1. The number of anilines is 1. The van der Waals surface area contributed by atoms with Crippen molar-refractivity contribution in [1.29, 1.82) is 0 Å². The van der Waals surface area contributed by atoms with Gasteiger partial charge in [0.05, 0.1) is 16.5 Å². The SMILES string of the molecule is CC1=C(C(=O)Nc2ccc(C)c(C)c2)[C@@H](c2ccc(Cl)c([N+](=O)[O-])c2)NC(=S)N1. The molecule has 3 N–H and O–H groups in total. The molecule has 2 aromatic carbocycles. The first-order valence-corrected chi connectivity index (χ1v) is 9.56. The number of hydrogen-bond acceptors (Lipinski definition) is 4. The highest BCUT2D eigenvalue weighted by molar-refractivity contribution is 7.80. The normalized spacial score (nSPS) is 16.1. The second kappa shape index (κ2) is 8.18. The molecule has 0 radical (unpaired) electrons. The molecule has 1 aliphatic rings. The lowest BCUT2D eigenvalue weighted by Crippen LogP contribution is -2.45. The molecule has 1 atom stereocenters. The second-order valence-electron chi connectivity index (χ2n) is 6.79. The van der Waals surface area contributed by atoms with E-state index >= 15 is 0 Å². The number of aryl methyl sites for hydroxylation is 2. The first-order valence-electron chi connectivity index (χ1n) is 8.78. The summed E-state index contributed by atoms with van der Waals surface area (Å²) in [6.45, 7) is 5.69. The van der Waals surface area contributed by atoms with Gasteiger partial charge in [0.15, 0.2) is 5.11 Å². The van der Waals surface area contributed by atoms with E-state index in [0.29, 0.717) is 27.6 Å². The molecule has 0 saturated carbocycles. The maximum Gasteiger partial charge on any atom is 0.288 e. The van der Waals surface area contributed by atoms with Crippen LogP contribution in [0, 0.1) is 24.0 Å². The van der Waals surface area contributed by atoms with Gasteiger partial charge in [-0.25, -0.2) is 0 Å². The van der Waals surface area contributed by atoms with E-state index in [9.17, 15) is 14.9 Å². The van der Waals surface area contributed by atoms with Crippen LogP contribution in [0.2, 0.25) is 5.02 Å². The van der Waals surface area contributed by atoms with Gasteiger partial charge >= 0.3 is 0 Å². The van der Waals surface area contributed by atoms with Crippen LogP contribution in [0.3, 0.4) is 0 Å². The van der Waals surface area contributed by atoms with Gasteiger partial charge in [0, 0.05) is 17.5 Å². The van der Waals surface area contributed by atoms with Gasteiger partial charge < -0.3 is 16.0 Å². The minimum Gasteiger partial charge on any atom is -0.351 e. The van der Waals surface area contributed by atoms with Gasteiger partial charge in [-0.05, 0) is 67.9 Å². The third kappa shape index (κ3) is 4.38. The fourth-order valence-corrected chi connectivity index (χ4v) is 3.57. The van der Waals surface area contributed by atoms with Crippen LogP contribution in [0.25, 0.3) is 0 Å². The summed E-state index contributed by atoms with van der Waals surface area (Å²) in [5.41, 5.74) is 4.06. The number of rotatable bonds is 4. The largest absolute Gasteiger partial charge is 0.351 e. The standard InChI is InChI=1S/C20H19ClN4O3S/c1-10-4-6-14(8-11(10)2)23-19(26)17-12(3)22-20(29)24-18(17)13-5-7-15(21)16(9-13)25(27)28/h4-9,18H,1-3H3,(H,23,26)(H2,22,24,29)/t18-/m1/s1. The van der Waals surface area contributed by atoms with Crippen molar-refractivity contribution in [1.82, 2.24) is 10.6 Å². The minimum absolute atomic E-state index is 0.0251. The lowest BCUT2D eigenvalue weighted by Gasteiger charge is -2.30. The highest BCUT2D eigenvalue weighted by Crippen LogP contribution is 2.33. The lowest BCUT2D eigenvalue weighted by atomic mass is 9.94. The van der Waals surface area contributed by atoms with E-state index in [4.69, 9.17) is 23.8 Å². The van der Waals surface area contributed by atoms with Crippen LogP contribution >= 0.6 is 23.8 Å². The van der Waals surface area contributed by atoms with E-state index in [1.165, 1.54) is 12.1 Å². The monoisotopic (exact) mass is 430 g/mol. The van der Waals surface area contributed by atoms with Crippen LogP contribution in [0.4, 0.5) is 11.4 Å². The van der Waals surface area contributed by atoms with Crippen LogP contribution in [-0.2, 0) is 4.79 Å². The Morgan fingerprint density at radius 1 is 1.17 bits per heavy atom. The Hall–Kier alpha value is -2.97. The Bertz CT molecular complexity index is 1070. The van der Waals surface area contributed by atoms with Crippen LogP contribution in [0.15, 0.2) is 47.7 Å². The molecule has 0 bridgehead atoms. The number of carbonyl (C=O) groups excluding carboxylic acids is 1. The van der Waals surface area contributed by atoms with Gasteiger partial charge in [-0.2, -0.15) is 0 Å². The van der Waals surface area contributed by atoms with Crippen molar-refractivity contribution in [2.75, 3.05) is 5.32 Å². The summed E-state index contributed by atoms with van der Waals surface area (Å²) in [5, 5.41) is 20.5. The van der Waals surface area contributed by atoms with Gasteiger partial charge in [-0.1, -0.05) is 23.7 Å². The molecule has 0 unspecified atom stereocenters. The molecule has 0 aromatic heterocycles. The number of nitro benzene ring substituents is 1. The van der Waals surface area contributed by atoms with Crippen LogP contribution in [-0.4, -0.2) is 15.9 Å². The molecule has 0 saturated heterocycles. The Balaban J connectivity index is 2.00. The molecule has 1 aliphatic heterocycles. The van der Waals surface area contributed by atoms with Crippen molar-refractivity contribution in [3.05, 3.63) is 79.5 Å². The van der Waals surface area contributed by atoms with Gasteiger partial charge in [-0.15, -0.1) is 0 Å². The van der Waals surface area contributed by atoms with Crippen molar-refractivity contribution in [3.63, 3.8) is 0 Å². The Labute approximate surface area is 178 Å². The molecule has 7 nitrogen and oxygen atoms in total. The van der Waals surface area contributed by atoms with E-state index in [1.807, 2.05) is 32.0 Å². The molecule has 9 heteroatoms. The molecule has 0 spiro atoms. The maximum absolute atomic E-state index is 13.1. The highest BCUT2D eigenvalue weighted by Gasteiger charge is 2.31. The van der Waals surface area contributed by atoms with E-state index < -0.39 is 11.0 Å². The average Bonchev–Trinajstić information content (AvgIpc) is 2.64. The molecular weight excluding hydrogens is 412 g/mol. The number of benzene rings is 2. The molecule has 2 aromatic rings. The smallest absolute Gasteiger partial charge is 0.288 e. The van der Waals surface area contributed by atoms with Crippen molar-refractivity contribution in [3.8, 4) is 0 Å². The van der Waals surface area contributed by atoms with Gasteiger partial charge in [0.1, 0.15) is 5.02 Å². The first-order chi connectivity index (χ1) is 13.7. The number of nitro groups is 1. The van der Waals surface area contributed by atoms with Gasteiger partial charge in [0.25, 0.3) is 11.6 Å². The van der Waals surface area contributed by atoms with E-state index in [0.717, 1.165) is 11.1 Å². The fraction of sp³-hybridized carbons (Fsp3) is 0.200. The van der Waals surface area contributed by atoms with Crippen LogP contribution < -0.4 is 16.0 Å². The minimum atomic E-state index is -0.661. The Kier molecular flexibility index (Phi) is 5.86. The molecule has 1 heterocycles. The van der Waals surface area contributed by atoms with Crippen molar-refractivity contribution >= 4 is 46.2 Å². The molecule has 150 valence electrons. The van der Waals surface area contributed by atoms with E-state index in [2.05, 4.69) is 16.0 Å². The maximum atomic E-state index is 13.1. The van der Waals surface area contributed by atoms with Gasteiger partial charge in [0.2, 0.25) is 0 Å². The molecule has 29 heavy (non-hydrogen) atoms. The summed E-state index contributed by atoms with van der Waals surface area (Å²) >= 11 is 11.2. The molecule has 0 aliphatic carbocycles. The van der Waals surface area contributed by atoms with Gasteiger partial charge in [-0.3, -0.25) is 14.9 Å². The Morgan fingerprint density at radius 2 is 1.90 bits per heavy atom. The topological polar surface area (TPSA) is 96.3 Å². The van der Waals surface area contributed by atoms with E-state index in [1.54, 1.807) is 13.0 Å². The Morgan fingerprint density at radius 3 is 2.55 bits per heavy atom. The molecule has 0 fully saturated rings. The summed E-state index contributed by atoms with van der Waals surface area (Å²) < 4.78 is 0. The van der Waals surface area contributed by atoms with Crippen molar-refractivity contribution < 1.29 is 9.72 Å². The number of carbonyl (C=O) groups is 1. The second-order valence-corrected chi connectivity index (χ2v) is 7.61. The number of amides is 1. The number of nitrogens with one attached hydrogen (secondary N) is 3.